The molecule has 1 aromatic heterocycles. The molecule has 2 saturated heterocycles. The number of hydrogen-bond acceptors (Lipinski definition) is 5. The third kappa shape index (κ3) is 4.34. The van der Waals surface area contributed by atoms with Gasteiger partial charge in [0.15, 0.2) is 0 Å². The highest BCUT2D eigenvalue weighted by Crippen LogP contribution is 2.24. The first-order valence-electron chi connectivity index (χ1n) is 9.19. The summed E-state index contributed by atoms with van der Waals surface area (Å²) >= 11 is 0. The lowest BCUT2D eigenvalue weighted by Crippen LogP contribution is -2.39. The third-order valence-electron chi connectivity index (χ3n) is 5.20. The molecule has 0 aliphatic carbocycles. The van der Waals surface area contributed by atoms with Crippen molar-refractivity contribution in [2.75, 3.05) is 31.9 Å². The van der Waals surface area contributed by atoms with Gasteiger partial charge in [-0.25, -0.2) is 17.4 Å². The molecule has 0 bridgehead atoms. The van der Waals surface area contributed by atoms with Crippen molar-refractivity contribution in [1.29, 1.82) is 0 Å². The van der Waals surface area contributed by atoms with Crippen LogP contribution >= 0.6 is 0 Å². The lowest BCUT2D eigenvalue weighted by Gasteiger charge is -2.30. The van der Waals surface area contributed by atoms with Crippen molar-refractivity contribution in [3.05, 3.63) is 11.9 Å². The predicted molar refractivity (Wildman–Crippen MR) is 93.1 cm³/mol. The summed E-state index contributed by atoms with van der Waals surface area (Å²) in [7, 11) is -3.06. The smallest absolute Gasteiger partial charge is 0.213 e. The first kappa shape index (κ1) is 17.8. The first-order valence-corrected chi connectivity index (χ1v) is 10.8. The Labute approximate surface area is 145 Å². The molecular formula is C16H29N5O2S. The Morgan fingerprint density at radius 3 is 2.38 bits per heavy atom. The maximum absolute atomic E-state index is 11.9. The van der Waals surface area contributed by atoms with Gasteiger partial charge in [0.1, 0.15) is 0 Å². The van der Waals surface area contributed by atoms with E-state index < -0.39 is 10.0 Å². The molecule has 0 spiro atoms. The summed E-state index contributed by atoms with van der Waals surface area (Å²) in [5, 5.41) is 8.65. The van der Waals surface area contributed by atoms with Gasteiger partial charge >= 0.3 is 0 Å². The van der Waals surface area contributed by atoms with Crippen LogP contribution in [0.4, 0.5) is 0 Å². The maximum Gasteiger partial charge on any atom is 0.213 e. The minimum Gasteiger partial charge on any atom is -0.297 e. The Bertz CT molecular complexity index is 614. The molecule has 7 nitrogen and oxygen atoms in total. The highest BCUT2D eigenvalue weighted by atomic mass is 32.2. The number of piperidine rings is 1. The van der Waals surface area contributed by atoms with E-state index in [1.165, 1.54) is 25.7 Å². The molecule has 24 heavy (non-hydrogen) atoms. The van der Waals surface area contributed by atoms with E-state index in [2.05, 4.69) is 21.4 Å². The van der Waals surface area contributed by atoms with Gasteiger partial charge in [0, 0.05) is 19.6 Å². The Morgan fingerprint density at radius 1 is 1.08 bits per heavy atom. The van der Waals surface area contributed by atoms with Crippen LogP contribution in [0.1, 0.15) is 57.2 Å². The minimum atomic E-state index is -3.06. The molecule has 2 aliphatic rings. The Kier molecular flexibility index (Phi) is 5.89. The lowest BCUT2D eigenvalue weighted by atomic mass is 10.1. The zero-order valence-electron chi connectivity index (χ0n) is 14.6. The molecule has 0 aromatic carbocycles. The topological polar surface area (TPSA) is 71.3 Å². The van der Waals surface area contributed by atoms with E-state index in [1.54, 1.807) is 11.2 Å². The van der Waals surface area contributed by atoms with E-state index in [-0.39, 0.29) is 11.8 Å². The fourth-order valence-electron chi connectivity index (χ4n) is 3.66. The molecule has 8 heteroatoms. The molecule has 1 aromatic rings. The van der Waals surface area contributed by atoms with Gasteiger partial charge in [-0.3, -0.25) is 4.90 Å². The number of sulfonamides is 1. The summed E-state index contributed by atoms with van der Waals surface area (Å²) in [4.78, 5) is 2.47. The molecule has 0 N–H and O–H groups in total. The third-order valence-corrected chi connectivity index (χ3v) is 7.08. The van der Waals surface area contributed by atoms with Gasteiger partial charge in [0.05, 0.1) is 23.7 Å². The number of nitrogens with zero attached hydrogens (tertiary/aromatic N) is 5. The van der Waals surface area contributed by atoms with Crippen LogP contribution in [0, 0.1) is 0 Å². The number of aromatic nitrogens is 3. The van der Waals surface area contributed by atoms with Crippen molar-refractivity contribution >= 4 is 10.0 Å². The van der Waals surface area contributed by atoms with Gasteiger partial charge in [-0.1, -0.05) is 18.1 Å². The molecule has 2 fully saturated rings. The summed E-state index contributed by atoms with van der Waals surface area (Å²) in [6.07, 6.45) is 8.90. The largest absolute Gasteiger partial charge is 0.297 e. The second kappa shape index (κ2) is 7.93. The minimum absolute atomic E-state index is 0.182. The summed E-state index contributed by atoms with van der Waals surface area (Å²) in [5.74, 6) is 0.182. The Balaban J connectivity index is 1.54. The van der Waals surface area contributed by atoms with Gasteiger partial charge < -0.3 is 0 Å². The van der Waals surface area contributed by atoms with Gasteiger partial charge in [-0.05, 0) is 45.7 Å². The average Bonchev–Trinajstić information content (AvgIpc) is 2.91. The Morgan fingerprint density at radius 2 is 1.75 bits per heavy atom. The molecule has 0 atom stereocenters. The van der Waals surface area contributed by atoms with Gasteiger partial charge in [0.2, 0.25) is 10.0 Å². The average molecular weight is 356 g/mol. The summed E-state index contributed by atoms with van der Waals surface area (Å²) in [5.41, 5.74) is 1.03. The standard InChI is InChI=1S/C16H29N5O2S/c1-2-24(22,23)20-11-7-16(8-12-20)21-14-15(17-18-21)13-19-9-5-3-4-6-10-19/h14,16H,2-13H2,1H3. The van der Waals surface area contributed by atoms with Crippen LogP contribution in [0.3, 0.4) is 0 Å². The molecule has 3 rings (SSSR count). The van der Waals surface area contributed by atoms with Crippen molar-refractivity contribution in [2.45, 2.75) is 58.0 Å². The van der Waals surface area contributed by atoms with Crippen LogP contribution in [0.5, 0.6) is 0 Å². The van der Waals surface area contributed by atoms with Gasteiger partial charge in [-0.2, -0.15) is 0 Å². The van der Waals surface area contributed by atoms with Crippen LogP contribution in [0.15, 0.2) is 6.20 Å². The lowest BCUT2D eigenvalue weighted by molar-refractivity contribution is 0.258. The predicted octanol–water partition coefficient (Wildman–Crippen LogP) is 1.64. The molecule has 3 heterocycles. The normalized spacial score (nSPS) is 22.5. The molecule has 0 radical (unpaired) electrons. The van der Waals surface area contributed by atoms with Crippen molar-refractivity contribution in [3.63, 3.8) is 0 Å². The molecule has 0 amide bonds. The van der Waals surface area contributed by atoms with Gasteiger partial charge in [-0.15, -0.1) is 5.10 Å². The highest BCUT2D eigenvalue weighted by Gasteiger charge is 2.28. The fourth-order valence-corrected chi connectivity index (χ4v) is 4.79. The summed E-state index contributed by atoms with van der Waals surface area (Å²) in [6, 6.07) is 0.263. The fraction of sp³-hybridized carbons (Fsp3) is 0.875. The number of rotatable bonds is 5. The van der Waals surface area contributed by atoms with Crippen LogP contribution in [0.25, 0.3) is 0 Å². The van der Waals surface area contributed by atoms with Crippen LogP contribution < -0.4 is 0 Å². The van der Waals surface area contributed by atoms with E-state index >= 15 is 0 Å². The number of likely N-dealkylation sites (tertiary alicyclic amines) is 1. The number of hydrogen-bond donors (Lipinski definition) is 0. The summed E-state index contributed by atoms with van der Waals surface area (Å²) < 4.78 is 27.4. The molecule has 2 aliphatic heterocycles. The quantitative estimate of drug-likeness (QED) is 0.803. The van der Waals surface area contributed by atoms with Crippen molar-refractivity contribution in [3.8, 4) is 0 Å². The first-order chi connectivity index (χ1) is 11.6. The second-order valence-corrected chi connectivity index (χ2v) is 9.17. The summed E-state index contributed by atoms with van der Waals surface area (Å²) in [6.45, 7) is 6.06. The van der Waals surface area contributed by atoms with Crippen LogP contribution in [-0.4, -0.2) is 64.5 Å². The van der Waals surface area contributed by atoms with Crippen molar-refractivity contribution < 1.29 is 8.42 Å². The van der Waals surface area contributed by atoms with Gasteiger partial charge in [0.25, 0.3) is 0 Å². The van der Waals surface area contributed by atoms with Crippen molar-refractivity contribution in [2.24, 2.45) is 0 Å². The monoisotopic (exact) mass is 355 g/mol. The van der Waals surface area contributed by atoms with Crippen LogP contribution in [0.2, 0.25) is 0 Å². The Hall–Kier alpha value is -0.990. The zero-order valence-corrected chi connectivity index (χ0v) is 15.4. The van der Waals surface area contributed by atoms with E-state index in [9.17, 15) is 8.42 Å². The SMILES string of the molecule is CCS(=O)(=O)N1CCC(n2cc(CN3CCCCCC3)nn2)CC1. The zero-order chi connectivity index (χ0) is 17.0. The highest BCUT2D eigenvalue weighted by molar-refractivity contribution is 7.89. The van der Waals surface area contributed by atoms with E-state index in [0.717, 1.165) is 38.2 Å². The molecule has 136 valence electrons. The van der Waals surface area contributed by atoms with Crippen molar-refractivity contribution in [1.82, 2.24) is 24.2 Å². The molecule has 0 unspecified atom stereocenters. The second-order valence-electron chi connectivity index (χ2n) is 6.91. The molecular weight excluding hydrogens is 326 g/mol. The van der Waals surface area contributed by atoms with E-state index in [4.69, 9.17) is 0 Å². The van der Waals surface area contributed by atoms with E-state index in [0.29, 0.717) is 13.1 Å². The maximum atomic E-state index is 11.9. The molecule has 0 saturated carbocycles. The van der Waals surface area contributed by atoms with E-state index in [1.807, 2.05) is 4.68 Å². The van der Waals surface area contributed by atoms with Crippen LogP contribution in [-0.2, 0) is 16.6 Å².